The highest BCUT2D eigenvalue weighted by atomic mass is 32.1. The monoisotopic (exact) mass is 412 g/mol. The maximum Gasteiger partial charge on any atom is 0.327 e. The molecule has 0 fully saturated rings. The van der Waals surface area contributed by atoms with Crippen molar-refractivity contribution in [1.29, 1.82) is 0 Å². The van der Waals surface area contributed by atoms with Crippen LogP contribution in [0, 0.1) is 0 Å². The normalized spacial score (nSPS) is 13.7. The van der Waals surface area contributed by atoms with Crippen LogP contribution in [-0.4, -0.2) is 70.9 Å². The second kappa shape index (κ2) is 12.0. The van der Waals surface area contributed by atoms with E-state index >= 15 is 0 Å². The number of carbonyl (C=O) groups is 4. The number of benzene rings is 1. The average molecular weight is 412 g/mol. The molecule has 3 amide bonds. The van der Waals surface area contributed by atoms with Gasteiger partial charge in [0.2, 0.25) is 17.7 Å². The Morgan fingerprint density at radius 1 is 1.04 bits per heavy atom. The van der Waals surface area contributed by atoms with Crippen molar-refractivity contribution in [2.45, 2.75) is 24.5 Å². The Morgan fingerprint density at radius 3 is 2.21 bits per heavy atom. The summed E-state index contributed by atoms with van der Waals surface area (Å²) in [4.78, 5) is 46.7. The average Bonchev–Trinajstić information content (AvgIpc) is 2.68. The van der Waals surface area contributed by atoms with Gasteiger partial charge in [0.1, 0.15) is 12.1 Å². The maximum atomic E-state index is 12.0. The minimum Gasteiger partial charge on any atom is -0.480 e. The Morgan fingerprint density at radius 2 is 1.68 bits per heavy atom. The summed E-state index contributed by atoms with van der Waals surface area (Å²) in [6.07, 6.45) is 0.288. The maximum absolute atomic E-state index is 12.0. The summed E-state index contributed by atoms with van der Waals surface area (Å²) >= 11 is 3.80. The highest BCUT2D eigenvalue weighted by molar-refractivity contribution is 7.80. The molecule has 3 atom stereocenters. The number of nitrogens with one attached hydrogen (secondary N) is 3. The van der Waals surface area contributed by atoms with Crippen LogP contribution in [0.4, 0.5) is 0 Å². The molecule has 0 saturated heterocycles. The number of rotatable bonds is 11. The van der Waals surface area contributed by atoms with E-state index in [-0.39, 0.29) is 12.2 Å². The zero-order valence-electron chi connectivity index (χ0n) is 15.0. The highest BCUT2D eigenvalue weighted by Gasteiger charge is 2.25. The Labute approximate surface area is 167 Å². The van der Waals surface area contributed by atoms with Gasteiger partial charge in [0.25, 0.3) is 0 Å². The van der Waals surface area contributed by atoms with Crippen molar-refractivity contribution in [2.24, 2.45) is 5.73 Å². The molecule has 0 radical (unpaired) electrons. The standard InChI is InChI=1S/C17H24N4O6S/c18-11(6-10-4-2-1-3-5-10)15(24)19-7-14(23)20-12(8-22)16(25)21-13(9-28)17(26)27/h1-5,11-13,22,28H,6-9,18H2,(H,19,24)(H,20,23)(H,21,25)(H,26,27)/t11-,12-,13-/m0/s1. The molecule has 0 aromatic heterocycles. The summed E-state index contributed by atoms with van der Waals surface area (Å²) < 4.78 is 0. The molecule has 1 aromatic carbocycles. The van der Waals surface area contributed by atoms with Gasteiger partial charge in [0.05, 0.1) is 19.2 Å². The van der Waals surface area contributed by atoms with Crippen molar-refractivity contribution in [3.8, 4) is 0 Å². The SMILES string of the molecule is N[C@@H](Cc1ccccc1)C(=O)NCC(=O)N[C@@H](CO)C(=O)N[C@@H](CS)C(=O)O. The summed E-state index contributed by atoms with van der Waals surface area (Å²) in [7, 11) is 0. The number of carboxylic acids is 1. The molecule has 0 aliphatic carbocycles. The number of thiol groups is 1. The van der Waals surface area contributed by atoms with E-state index in [2.05, 4.69) is 28.6 Å². The zero-order valence-corrected chi connectivity index (χ0v) is 15.9. The minimum atomic E-state index is -1.37. The molecule has 1 aromatic rings. The van der Waals surface area contributed by atoms with Gasteiger partial charge < -0.3 is 31.9 Å². The van der Waals surface area contributed by atoms with Crippen molar-refractivity contribution in [3.63, 3.8) is 0 Å². The Hall–Kier alpha value is -2.63. The topological polar surface area (TPSA) is 171 Å². The van der Waals surface area contributed by atoms with E-state index in [1.165, 1.54) is 0 Å². The van der Waals surface area contributed by atoms with E-state index in [1.807, 2.05) is 30.3 Å². The Bertz CT molecular complexity index is 687. The smallest absolute Gasteiger partial charge is 0.327 e. The number of aliphatic carboxylic acids is 1. The van der Waals surface area contributed by atoms with Crippen LogP contribution >= 0.6 is 12.6 Å². The Balaban J connectivity index is 2.47. The predicted octanol–water partition coefficient (Wildman–Crippen LogP) is -2.35. The lowest BCUT2D eigenvalue weighted by molar-refractivity contribution is -0.141. The first-order chi connectivity index (χ1) is 13.3. The van der Waals surface area contributed by atoms with Gasteiger partial charge in [0, 0.05) is 5.75 Å². The van der Waals surface area contributed by atoms with E-state index in [4.69, 9.17) is 10.8 Å². The van der Waals surface area contributed by atoms with Crippen LogP contribution in [0.25, 0.3) is 0 Å². The first kappa shape index (κ1) is 23.4. The van der Waals surface area contributed by atoms with Gasteiger partial charge in [-0.15, -0.1) is 0 Å². The molecular formula is C17H24N4O6S. The third-order valence-electron chi connectivity index (χ3n) is 3.69. The van der Waals surface area contributed by atoms with Gasteiger partial charge in [-0.05, 0) is 12.0 Å². The van der Waals surface area contributed by atoms with E-state index in [1.54, 1.807) is 0 Å². The van der Waals surface area contributed by atoms with E-state index in [0.717, 1.165) is 5.56 Å². The number of carboxylic acid groups (broad SMARTS) is 1. The number of nitrogens with two attached hydrogens (primary N) is 1. The lowest BCUT2D eigenvalue weighted by Crippen LogP contribution is -2.55. The second-order valence-electron chi connectivity index (χ2n) is 5.90. The Kier molecular flexibility index (Phi) is 9.99. The van der Waals surface area contributed by atoms with Crippen LogP contribution in [0.3, 0.4) is 0 Å². The molecule has 0 bridgehead atoms. The molecule has 0 aliphatic rings. The van der Waals surface area contributed by atoms with Gasteiger partial charge in [-0.25, -0.2) is 4.79 Å². The molecule has 1 rings (SSSR count). The molecular weight excluding hydrogens is 388 g/mol. The lowest BCUT2D eigenvalue weighted by Gasteiger charge is -2.19. The van der Waals surface area contributed by atoms with Crippen LogP contribution in [0.1, 0.15) is 5.56 Å². The molecule has 0 heterocycles. The van der Waals surface area contributed by atoms with Crippen LogP contribution in [-0.2, 0) is 25.6 Å². The van der Waals surface area contributed by atoms with Gasteiger partial charge in [-0.2, -0.15) is 12.6 Å². The molecule has 0 unspecified atom stereocenters. The number of hydrogen-bond acceptors (Lipinski definition) is 7. The van der Waals surface area contributed by atoms with E-state index in [9.17, 15) is 24.3 Å². The summed E-state index contributed by atoms with van der Waals surface area (Å²) in [5.41, 5.74) is 6.66. The van der Waals surface area contributed by atoms with Crippen LogP contribution in [0.2, 0.25) is 0 Å². The molecule has 11 heteroatoms. The quantitative estimate of drug-likeness (QED) is 0.199. The summed E-state index contributed by atoms with van der Waals surface area (Å²) in [6.45, 7) is -1.21. The molecule has 0 spiro atoms. The summed E-state index contributed by atoms with van der Waals surface area (Å²) in [5.74, 6) is -3.64. The summed E-state index contributed by atoms with van der Waals surface area (Å²) in [5, 5.41) is 24.8. The van der Waals surface area contributed by atoms with Crippen LogP contribution < -0.4 is 21.7 Å². The number of amides is 3. The van der Waals surface area contributed by atoms with Crippen molar-refractivity contribution in [1.82, 2.24) is 16.0 Å². The highest BCUT2D eigenvalue weighted by Crippen LogP contribution is 2.01. The lowest BCUT2D eigenvalue weighted by atomic mass is 10.1. The fourth-order valence-electron chi connectivity index (χ4n) is 2.16. The van der Waals surface area contributed by atoms with Crippen LogP contribution in [0.5, 0.6) is 0 Å². The van der Waals surface area contributed by atoms with Crippen molar-refractivity contribution in [3.05, 3.63) is 35.9 Å². The van der Waals surface area contributed by atoms with Crippen molar-refractivity contribution < 1.29 is 29.4 Å². The first-order valence-corrected chi connectivity index (χ1v) is 9.03. The second-order valence-corrected chi connectivity index (χ2v) is 6.26. The molecule has 7 N–H and O–H groups in total. The van der Waals surface area contributed by atoms with E-state index in [0.29, 0.717) is 0 Å². The number of carbonyl (C=O) groups excluding carboxylic acids is 3. The molecule has 0 aliphatic heterocycles. The molecule has 154 valence electrons. The number of hydrogen-bond donors (Lipinski definition) is 7. The third kappa shape index (κ3) is 7.94. The predicted molar refractivity (Wildman–Crippen MR) is 104 cm³/mol. The molecule has 0 saturated carbocycles. The minimum absolute atomic E-state index is 0.164. The largest absolute Gasteiger partial charge is 0.480 e. The molecule has 28 heavy (non-hydrogen) atoms. The fraction of sp³-hybridized carbons (Fsp3) is 0.412. The van der Waals surface area contributed by atoms with Gasteiger partial charge in [-0.1, -0.05) is 30.3 Å². The first-order valence-electron chi connectivity index (χ1n) is 8.40. The van der Waals surface area contributed by atoms with Crippen molar-refractivity contribution in [2.75, 3.05) is 18.9 Å². The van der Waals surface area contributed by atoms with Gasteiger partial charge in [-0.3, -0.25) is 14.4 Å². The fourth-order valence-corrected chi connectivity index (χ4v) is 2.40. The van der Waals surface area contributed by atoms with Crippen LogP contribution in [0.15, 0.2) is 30.3 Å². The molecule has 10 nitrogen and oxygen atoms in total. The number of aliphatic hydroxyl groups excluding tert-OH is 1. The van der Waals surface area contributed by atoms with E-state index < -0.39 is 55.0 Å². The number of aliphatic hydroxyl groups is 1. The van der Waals surface area contributed by atoms with Gasteiger partial charge >= 0.3 is 5.97 Å². The van der Waals surface area contributed by atoms with Crippen molar-refractivity contribution >= 4 is 36.3 Å². The van der Waals surface area contributed by atoms with Gasteiger partial charge in [0.15, 0.2) is 0 Å². The third-order valence-corrected chi connectivity index (χ3v) is 4.05. The zero-order chi connectivity index (χ0) is 21.1. The summed E-state index contributed by atoms with van der Waals surface area (Å²) in [6, 6.07) is 5.60.